The van der Waals surface area contributed by atoms with Crippen LogP contribution in [-0.4, -0.2) is 42.0 Å². The third kappa shape index (κ3) is 7.77. The van der Waals surface area contributed by atoms with Crippen LogP contribution in [0.15, 0.2) is 42.5 Å². The first-order chi connectivity index (χ1) is 14.4. The third-order valence-corrected chi connectivity index (χ3v) is 4.43. The number of benzene rings is 2. The van der Waals surface area contributed by atoms with Gasteiger partial charge < -0.3 is 20.3 Å². The zero-order valence-electron chi connectivity index (χ0n) is 19.0. The second kappa shape index (κ2) is 10.1. The fraction of sp³-hybridized carbons (Fsp3) is 0.375. The Balaban J connectivity index is 1.89. The molecular formula is C24H31N3O4. The van der Waals surface area contributed by atoms with Gasteiger partial charge in [0.15, 0.2) is 0 Å². The van der Waals surface area contributed by atoms with Crippen LogP contribution < -0.4 is 10.6 Å². The summed E-state index contributed by atoms with van der Waals surface area (Å²) in [7, 11) is 1.59. The van der Waals surface area contributed by atoms with Gasteiger partial charge in [0, 0.05) is 24.8 Å². The van der Waals surface area contributed by atoms with E-state index in [1.54, 1.807) is 52.1 Å². The van der Waals surface area contributed by atoms with Crippen LogP contribution in [0.3, 0.4) is 0 Å². The molecule has 7 heteroatoms. The minimum absolute atomic E-state index is 0.0613. The van der Waals surface area contributed by atoms with E-state index in [9.17, 15) is 14.4 Å². The molecule has 2 aromatic rings. The van der Waals surface area contributed by atoms with E-state index in [0.717, 1.165) is 22.4 Å². The van der Waals surface area contributed by atoms with E-state index in [4.69, 9.17) is 4.74 Å². The molecular weight excluding hydrogens is 394 g/mol. The van der Waals surface area contributed by atoms with Gasteiger partial charge in [-0.2, -0.15) is 0 Å². The first-order valence-electron chi connectivity index (χ1n) is 10.1. The number of anilines is 1. The summed E-state index contributed by atoms with van der Waals surface area (Å²) in [6, 6.07) is 12.7. The molecule has 0 atom stereocenters. The summed E-state index contributed by atoms with van der Waals surface area (Å²) in [6.07, 6.45) is -0.498. The predicted molar refractivity (Wildman–Crippen MR) is 121 cm³/mol. The SMILES string of the molecule is Cc1ccc(C)c(NC(=O)CN(C)C(=O)c2ccc(CNC(=O)OC(C)(C)C)cc2)c1. The summed E-state index contributed by atoms with van der Waals surface area (Å²) in [5.74, 6) is -0.523. The monoisotopic (exact) mass is 425 g/mol. The lowest BCUT2D eigenvalue weighted by Gasteiger charge is -2.20. The van der Waals surface area contributed by atoms with Crippen LogP contribution in [0, 0.1) is 13.8 Å². The molecule has 0 bridgehead atoms. The molecule has 31 heavy (non-hydrogen) atoms. The molecule has 0 saturated carbocycles. The first-order valence-corrected chi connectivity index (χ1v) is 10.1. The van der Waals surface area contributed by atoms with Crippen molar-refractivity contribution >= 4 is 23.6 Å². The van der Waals surface area contributed by atoms with Crippen LogP contribution in [0.25, 0.3) is 0 Å². The van der Waals surface area contributed by atoms with E-state index in [0.29, 0.717) is 5.56 Å². The van der Waals surface area contributed by atoms with Gasteiger partial charge in [0.25, 0.3) is 5.91 Å². The quantitative estimate of drug-likeness (QED) is 0.731. The molecule has 2 rings (SSSR count). The Bertz CT molecular complexity index is 946. The van der Waals surface area contributed by atoms with Crippen molar-refractivity contribution in [3.8, 4) is 0 Å². The first kappa shape index (κ1) is 23.9. The highest BCUT2D eigenvalue weighted by Gasteiger charge is 2.17. The summed E-state index contributed by atoms with van der Waals surface area (Å²) < 4.78 is 5.20. The number of alkyl carbamates (subject to hydrolysis) is 1. The number of nitrogens with one attached hydrogen (secondary N) is 2. The molecule has 3 amide bonds. The molecule has 0 unspecified atom stereocenters. The average Bonchev–Trinajstić information content (AvgIpc) is 2.67. The largest absolute Gasteiger partial charge is 0.444 e. The maximum absolute atomic E-state index is 12.6. The van der Waals surface area contributed by atoms with Crippen molar-refractivity contribution in [2.24, 2.45) is 0 Å². The van der Waals surface area contributed by atoms with Gasteiger partial charge in [-0.25, -0.2) is 4.79 Å². The molecule has 0 radical (unpaired) electrons. The lowest BCUT2D eigenvalue weighted by atomic mass is 10.1. The standard InChI is InChI=1S/C24H31N3O4/c1-16-7-8-17(2)20(13-16)26-21(28)15-27(6)22(29)19-11-9-18(10-12-19)14-25-23(30)31-24(3,4)5/h7-13H,14-15H2,1-6H3,(H,25,30)(H,26,28). The summed E-state index contributed by atoms with van der Waals surface area (Å²) in [4.78, 5) is 38.1. The summed E-state index contributed by atoms with van der Waals surface area (Å²) in [5, 5.41) is 5.53. The molecule has 0 aromatic heterocycles. The van der Waals surface area contributed by atoms with Crippen molar-refractivity contribution in [2.75, 3.05) is 18.9 Å². The fourth-order valence-electron chi connectivity index (χ4n) is 2.82. The van der Waals surface area contributed by atoms with E-state index in [2.05, 4.69) is 10.6 Å². The second-order valence-electron chi connectivity index (χ2n) is 8.58. The number of carbonyl (C=O) groups excluding carboxylic acids is 3. The van der Waals surface area contributed by atoms with Crippen LogP contribution in [-0.2, 0) is 16.1 Å². The topological polar surface area (TPSA) is 87.7 Å². The number of ether oxygens (including phenoxy) is 1. The van der Waals surface area contributed by atoms with Crippen molar-refractivity contribution in [3.05, 3.63) is 64.7 Å². The van der Waals surface area contributed by atoms with E-state index in [1.165, 1.54) is 4.90 Å². The fourth-order valence-corrected chi connectivity index (χ4v) is 2.82. The van der Waals surface area contributed by atoms with Crippen LogP contribution in [0.5, 0.6) is 0 Å². The van der Waals surface area contributed by atoms with Gasteiger partial charge in [0.2, 0.25) is 5.91 Å². The van der Waals surface area contributed by atoms with Gasteiger partial charge in [-0.3, -0.25) is 9.59 Å². The molecule has 166 valence electrons. The van der Waals surface area contributed by atoms with Crippen molar-refractivity contribution in [1.82, 2.24) is 10.2 Å². The van der Waals surface area contributed by atoms with E-state index < -0.39 is 11.7 Å². The minimum Gasteiger partial charge on any atom is -0.444 e. The molecule has 0 aliphatic heterocycles. The zero-order chi connectivity index (χ0) is 23.2. The smallest absolute Gasteiger partial charge is 0.407 e. The number of amides is 3. The number of hydrogen-bond donors (Lipinski definition) is 2. The van der Waals surface area contributed by atoms with E-state index in [-0.39, 0.29) is 24.9 Å². The Hall–Kier alpha value is -3.35. The van der Waals surface area contributed by atoms with E-state index >= 15 is 0 Å². The number of aryl methyl sites for hydroxylation is 2. The normalized spacial score (nSPS) is 10.9. The van der Waals surface area contributed by atoms with Gasteiger partial charge in [0.05, 0.1) is 6.54 Å². The Labute approximate surface area is 183 Å². The molecule has 2 aromatic carbocycles. The Morgan fingerprint density at radius 3 is 2.26 bits per heavy atom. The molecule has 0 spiro atoms. The van der Waals surface area contributed by atoms with Gasteiger partial charge in [-0.05, 0) is 69.5 Å². The minimum atomic E-state index is -0.560. The van der Waals surface area contributed by atoms with E-state index in [1.807, 2.05) is 32.0 Å². The number of rotatable bonds is 6. The Kier molecular flexibility index (Phi) is 7.80. The van der Waals surface area contributed by atoms with Crippen LogP contribution >= 0.6 is 0 Å². The summed E-state index contributed by atoms with van der Waals surface area (Å²) in [6.45, 7) is 9.50. The summed E-state index contributed by atoms with van der Waals surface area (Å²) >= 11 is 0. The number of likely N-dealkylation sites (N-methyl/N-ethyl adjacent to an activating group) is 1. The van der Waals surface area contributed by atoms with Gasteiger partial charge >= 0.3 is 6.09 Å². The van der Waals surface area contributed by atoms with Gasteiger partial charge in [-0.1, -0.05) is 24.3 Å². The zero-order valence-corrected chi connectivity index (χ0v) is 19.0. The predicted octanol–water partition coefficient (Wildman–Crippen LogP) is 4.04. The lowest BCUT2D eigenvalue weighted by Crippen LogP contribution is -2.35. The highest BCUT2D eigenvalue weighted by molar-refractivity contribution is 5.99. The molecule has 0 heterocycles. The number of nitrogens with zero attached hydrogens (tertiary/aromatic N) is 1. The van der Waals surface area contributed by atoms with Gasteiger partial charge in [0.1, 0.15) is 5.60 Å². The average molecular weight is 426 g/mol. The number of carbonyl (C=O) groups is 3. The van der Waals surface area contributed by atoms with Crippen molar-refractivity contribution in [2.45, 2.75) is 46.8 Å². The highest BCUT2D eigenvalue weighted by Crippen LogP contribution is 2.16. The van der Waals surface area contributed by atoms with Gasteiger partial charge in [-0.15, -0.1) is 0 Å². The molecule has 7 nitrogen and oxygen atoms in total. The number of hydrogen-bond acceptors (Lipinski definition) is 4. The van der Waals surface area contributed by atoms with Crippen molar-refractivity contribution < 1.29 is 19.1 Å². The molecule has 0 saturated heterocycles. The maximum atomic E-state index is 12.6. The molecule has 0 fully saturated rings. The maximum Gasteiger partial charge on any atom is 0.407 e. The van der Waals surface area contributed by atoms with Crippen LogP contribution in [0.2, 0.25) is 0 Å². The van der Waals surface area contributed by atoms with Crippen molar-refractivity contribution in [3.63, 3.8) is 0 Å². The Morgan fingerprint density at radius 1 is 1.00 bits per heavy atom. The molecule has 2 N–H and O–H groups in total. The summed E-state index contributed by atoms with van der Waals surface area (Å²) in [5.41, 5.74) is 3.48. The van der Waals surface area contributed by atoms with Crippen molar-refractivity contribution in [1.29, 1.82) is 0 Å². The molecule has 0 aliphatic rings. The molecule has 0 aliphatic carbocycles. The second-order valence-corrected chi connectivity index (χ2v) is 8.58. The lowest BCUT2D eigenvalue weighted by molar-refractivity contribution is -0.116. The third-order valence-electron chi connectivity index (χ3n) is 4.43. The highest BCUT2D eigenvalue weighted by atomic mass is 16.6. The Morgan fingerprint density at radius 2 is 1.65 bits per heavy atom. The van der Waals surface area contributed by atoms with Crippen LogP contribution in [0.4, 0.5) is 10.5 Å². The van der Waals surface area contributed by atoms with Crippen LogP contribution in [0.1, 0.15) is 47.8 Å².